The normalized spacial score (nSPS) is 27.9. The van der Waals surface area contributed by atoms with Crippen molar-refractivity contribution < 1.29 is 15.0 Å². The predicted octanol–water partition coefficient (Wildman–Crippen LogP) is 2.60. The van der Waals surface area contributed by atoms with Crippen LogP contribution >= 0.6 is 11.6 Å². The number of nitrogens with zero attached hydrogens (tertiary/aromatic N) is 2. The lowest BCUT2D eigenvalue weighted by Crippen LogP contribution is -2.47. The molecule has 2 aliphatic rings. The lowest BCUT2D eigenvalue weighted by Gasteiger charge is -2.36. The quantitative estimate of drug-likeness (QED) is 0.877. The molecule has 2 unspecified atom stereocenters. The van der Waals surface area contributed by atoms with Crippen molar-refractivity contribution in [3.63, 3.8) is 0 Å². The summed E-state index contributed by atoms with van der Waals surface area (Å²) in [6.45, 7) is 2.99. The second-order valence-electron chi connectivity index (χ2n) is 6.48. The van der Waals surface area contributed by atoms with Gasteiger partial charge in [-0.25, -0.2) is 4.79 Å². The molecule has 0 aromatic heterocycles. The number of aliphatic hydroxyl groups is 1. The van der Waals surface area contributed by atoms with E-state index in [1.54, 1.807) is 0 Å². The molecule has 3 rings (SSSR count). The van der Waals surface area contributed by atoms with E-state index in [0.29, 0.717) is 13.0 Å². The largest absolute Gasteiger partial charge is 0.465 e. The third kappa shape index (κ3) is 2.52. The molecule has 5 nitrogen and oxygen atoms in total. The number of carboxylic acid groups (broad SMARTS) is 1. The van der Waals surface area contributed by atoms with Crippen molar-refractivity contribution in [3.05, 3.63) is 28.8 Å². The first-order valence-corrected chi connectivity index (χ1v) is 7.99. The van der Waals surface area contributed by atoms with Crippen molar-refractivity contribution in [1.29, 1.82) is 0 Å². The number of aliphatic hydroxyl groups excluding tert-OH is 1. The molecule has 2 heterocycles. The molecule has 0 radical (unpaired) electrons. The summed E-state index contributed by atoms with van der Waals surface area (Å²) in [7, 11) is 0. The minimum atomic E-state index is -0.965. The molecule has 1 saturated heterocycles. The predicted molar refractivity (Wildman–Crippen MR) is 85.7 cm³/mol. The van der Waals surface area contributed by atoms with Gasteiger partial charge in [-0.05, 0) is 49.9 Å². The molecule has 1 amide bonds. The Bertz CT molecular complexity index is 595. The summed E-state index contributed by atoms with van der Waals surface area (Å²) in [4.78, 5) is 15.1. The van der Waals surface area contributed by atoms with Crippen LogP contribution in [-0.2, 0) is 6.42 Å². The van der Waals surface area contributed by atoms with Gasteiger partial charge in [0, 0.05) is 29.8 Å². The molecular formula is C16H21ClN2O3. The average molecular weight is 325 g/mol. The van der Waals surface area contributed by atoms with Gasteiger partial charge in [0.25, 0.3) is 0 Å². The van der Waals surface area contributed by atoms with Crippen molar-refractivity contribution >= 4 is 23.4 Å². The number of benzene rings is 1. The van der Waals surface area contributed by atoms with Gasteiger partial charge in [0.2, 0.25) is 0 Å². The van der Waals surface area contributed by atoms with Crippen LogP contribution in [0.25, 0.3) is 0 Å². The number of amides is 1. The maximum Gasteiger partial charge on any atom is 0.407 e. The Morgan fingerprint density at radius 3 is 2.91 bits per heavy atom. The second-order valence-corrected chi connectivity index (χ2v) is 6.91. The monoisotopic (exact) mass is 324 g/mol. The highest BCUT2D eigenvalue weighted by molar-refractivity contribution is 6.30. The van der Waals surface area contributed by atoms with E-state index in [0.717, 1.165) is 30.1 Å². The fourth-order valence-corrected chi connectivity index (χ4v) is 3.95. The van der Waals surface area contributed by atoms with E-state index in [9.17, 15) is 15.0 Å². The van der Waals surface area contributed by atoms with Crippen LogP contribution in [0.2, 0.25) is 5.02 Å². The number of rotatable bonds is 2. The molecule has 0 bridgehead atoms. The SMILES string of the molecule is CC1(CO)CC(N2CCCc3cc(Cl)ccc32)CN1C(=O)O. The molecule has 1 aromatic rings. The number of halogens is 1. The summed E-state index contributed by atoms with van der Waals surface area (Å²) < 4.78 is 0. The summed E-state index contributed by atoms with van der Waals surface area (Å²) in [5.74, 6) is 0. The molecule has 0 spiro atoms. The molecule has 2 atom stereocenters. The van der Waals surface area contributed by atoms with E-state index in [1.165, 1.54) is 10.5 Å². The second kappa shape index (κ2) is 5.63. The summed E-state index contributed by atoms with van der Waals surface area (Å²) in [5, 5.41) is 19.8. The number of carbonyl (C=O) groups is 1. The van der Waals surface area contributed by atoms with E-state index in [-0.39, 0.29) is 12.6 Å². The maximum atomic E-state index is 11.5. The smallest absolute Gasteiger partial charge is 0.407 e. The highest BCUT2D eigenvalue weighted by atomic mass is 35.5. The number of aryl methyl sites for hydroxylation is 1. The van der Waals surface area contributed by atoms with Gasteiger partial charge in [0.1, 0.15) is 0 Å². The zero-order chi connectivity index (χ0) is 15.9. The van der Waals surface area contributed by atoms with Gasteiger partial charge in [0.15, 0.2) is 0 Å². The molecule has 0 saturated carbocycles. The Morgan fingerprint density at radius 1 is 1.50 bits per heavy atom. The molecule has 2 N–H and O–H groups in total. The summed E-state index contributed by atoms with van der Waals surface area (Å²) >= 11 is 6.08. The van der Waals surface area contributed by atoms with Crippen LogP contribution in [0.4, 0.5) is 10.5 Å². The number of hydrogen-bond donors (Lipinski definition) is 2. The summed E-state index contributed by atoms with van der Waals surface area (Å²) in [6, 6.07) is 6.00. The van der Waals surface area contributed by atoms with Gasteiger partial charge in [-0.3, -0.25) is 4.90 Å². The zero-order valence-electron chi connectivity index (χ0n) is 12.6. The first-order valence-electron chi connectivity index (χ1n) is 7.61. The number of fused-ring (bicyclic) bond motifs is 1. The Kier molecular flexibility index (Phi) is 3.95. The minimum Gasteiger partial charge on any atom is -0.465 e. The molecule has 1 aromatic carbocycles. The fraction of sp³-hybridized carbons (Fsp3) is 0.562. The molecule has 120 valence electrons. The van der Waals surface area contributed by atoms with Crippen LogP contribution in [0.3, 0.4) is 0 Å². The highest BCUT2D eigenvalue weighted by Crippen LogP contribution is 2.37. The van der Waals surface area contributed by atoms with Crippen LogP contribution in [0, 0.1) is 0 Å². The number of hydrogen-bond acceptors (Lipinski definition) is 3. The van der Waals surface area contributed by atoms with E-state index in [2.05, 4.69) is 4.90 Å². The Labute approximate surface area is 135 Å². The van der Waals surface area contributed by atoms with Gasteiger partial charge in [-0.15, -0.1) is 0 Å². The van der Waals surface area contributed by atoms with Gasteiger partial charge >= 0.3 is 6.09 Å². The summed E-state index contributed by atoms with van der Waals surface area (Å²) in [6.07, 6.45) is 1.70. The third-order valence-electron chi connectivity index (χ3n) is 4.93. The number of likely N-dealkylation sites (tertiary alicyclic amines) is 1. The van der Waals surface area contributed by atoms with Gasteiger partial charge < -0.3 is 15.1 Å². The standard InChI is InChI=1S/C16H21ClN2O3/c1-16(10-20)8-13(9-19(16)15(21)22)18-6-2-3-11-7-12(17)4-5-14(11)18/h4-5,7,13,20H,2-3,6,8-10H2,1H3,(H,21,22). The third-order valence-corrected chi connectivity index (χ3v) is 5.16. The maximum absolute atomic E-state index is 11.5. The van der Waals surface area contributed by atoms with Gasteiger partial charge in [-0.2, -0.15) is 0 Å². The van der Waals surface area contributed by atoms with Crippen LogP contribution < -0.4 is 4.90 Å². The van der Waals surface area contributed by atoms with Crippen molar-refractivity contribution in [2.24, 2.45) is 0 Å². The van der Waals surface area contributed by atoms with E-state index < -0.39 is 11.6 Å². The lowest BCUT2D eigenvalue weighted by atomic mass is 9.95. The van der Waals surface area contributed by atoms with Crippen molar-refractivity contribution in [2.45, 2.75) is 37.8 Å². The van der Waals surface area contributed by atoms with Crippen molar-refractivity contribution in [2.75, 3.05) is 24.6 Å². The molecule has 6 heteroatoms. The Hall–Kier alpha value is -1.46. The van der Waals surface area contributed by atoms with Crippen LogP contribution in [0.1, 0.15) is 25.3 Å². The highest BCUT2D eigenvalue weighted by Gasteiger charge is 2.46. The van der Waals surface area contributed by atoms with Gasteiger partial charge in [0.05, 0.1) is 12.1 Å². The molecule has 0 aliphatic carbocycles. The van der Waals surface area contributed by atoms with Crippen LogP contribution in [-0.4, -0.2) is 52.5 Å². The summed E-state index contributed by atoms with van der Waals surface area (Å²) in [5.41, 5.74) is 1.66. The van der Waals surface area contributed by atoms with Crippen molar-refractivity contribution in [1.82, 2.24) is 4.90 Å². The van der Waals surface area contributed by atoms with E-state index in [1.807, 2.05) is 25.1 Å². The van der Waals surface area contributed by atoms with Gasteiger partial charge in [-0.1, -0.05) is 11.6 Å². The van der Waals surface area contributed by atoms with Crippen molar-refractivity contribution in [3.8, 4) is 0 Å². The first-order chi connectivity index (χ1) is 10.4. The van der Waals surface area contributed by atoms with E-state index in [4.69, 9.17) is 11.6 Å². The minimum absolute atomic E-state index is 0.0912. The Balaban J connectivity index is 1.89. The average Bonchev–Trinajstić information content (AvgIpc) is 2.85. The zero-order valence-corrected chi connectivity index (χ0v) is 13.4. The lowest BCUT2D eigenvalue weighted by molar-refractivity contribution is 0.0709. The topological polar surface area (TPSA) is 64.0 Å². The first kappa shape index (κ1) is 15.4. The molecular weight excluding hydrogens is 304 g/mol. The Morgan fingerprint density at radius 2 is 2.27 bits per heavy atom. The van der Waals surface area contributed by atoms with Crippen LogP contribution in [0.15, 0.2) is 18.2 Å². The fourth-order valence-electron chi connectivity index (χ4n) is 3.76. The molecule has 2 aliphatic heterocycles. The number of anilines is 1. The molecule has 22 heavy (non-hydrogen) atoms. The van der Waals surface area contributed by atoms with E-state index >= 15 is 0 Å². The molecule has 1 fully saturated rings. The van der Waals surface area contributed by atoms with Crippen LogP contribution in [0.5, 0.6) is 0 Å².